The molecule has 0 aromatic heterocycles. The summed E-state index contributed by atoms with van der Waals surface area (Å²) in [6.45, 7) is 1.39. The van der Waals surface area contributed by atoms with Crippen molar-refractivity contribution in [2.75, 3.05) is 18.0 Å². The summed E-state index contributed by atoms with van der Waals surface area (Å²) in [5.41, 5.74) is 11.9. The number of primary amides is 1. The van der Waals surface area contributed by atoms with Crippen LogP contribution in [0.25, 0.3) is 0 Å². The van der Waals surface area contributed by atoms with Gasteiger partial charge in [-0.2, -0.15) is 0 Å². The minimum Gasteiger partial charge on any atom is -0.369 e. The molecule has 19 heavy (non-hydrogen) atoms. The van der Waals surface area contributed by atoms with Gasteiger partial charge in [-0.15, -0.1) is 0 Å². The molecular formula is C12H16N4O3. The number of carbonyl (C=O) groups is 1. The van der Waals surface area contributed by atoms with Crippen molar-refractivity contribution in [2.24, 2.45) is 11.5 Å². The predicted molar refractivity (Wildman–Crippen MR) is 71.0 cm³/mol. The van der Waals surface area contributed by atoms with Gasteiger partial charge in [0.2, 0.25) is 0 Å². The molecule has 0 radical (unpaired) electrons. The fourth-order valence-electron chi connectivity index (χ4n) is 2.34. The van der Waals surface area contributed by atoms with Crippen LogP contribution >= 0.6 is 0 Å². The summed E-state index contributed by atoms with van der Waals surface area (Å²) in [5.74, 6) is -0.669. The molecule has 1 aromatic carbocycles. The van der Waals surface area contributed by atoms with Gasteiger partial charge in [0, 0.05) is 31.3 Å². The first-order valence-electron chi connectivity index (χ1n) is 6.08. The van der Waals surface area contributed by atoms with Gasteiger partial charge < -0.3 is 16.4 Å². The van der Waals surface area contributed by atoms with Crippen LogP contribution in [0.1, 0.15) is 23.2 Å². The zero-order chi connectivity index (χ0) is 14.0. The van der Waals surface area contributed by atoms with Crippen molar-refractivity contribution in [3.8, 4) is 0 Å². The van der Waals surface area contributed by atoms with Crippen molar-refractivity contribution in [3.05, 3.63) is 33.9 Å². The van der Waals surface area contributed by atoms with E-state index in [1.54, 1.807) is 6.07 Å². The summed E-state index contributed by atoms with van der Waals surface area (Å²) in [6.07, 6.45) is 1.87. The zero-order valence-electron chi connectivity index (χ0n) is 10.4. The number of anilines is 1. The van der Waals surface area contributed by atoms with E-state index in [0.717, 1.165) is 19.4 Å². The molecule has 4 N–H and O–H groups in total. The van der Waals surface area contributed by atoms with E-state index in [2.05, 4.69) is 0 Å². The minimum absolute atomic E-state index is 0.0460. The Labute approximate surface area is 110 Å². The molecule has 1 heterocycles. The van der Waals surface area contributed by atoms with Gasteiger partial charge in [-0.05, 0) is 18.9 Å². The molecule has 7 nitrogen and oxygen atoms in total. The lowest BCUT2D eigenvalue weighted by Gasteiger charge is -2.33. The molecular weight excluding hydrogens is 248 g/mol. The minimum atomic E-state index is -0.669. The Morgan fingerprint density at radius 2 is 2.21 bits per heavy atom. The van der Waals surface area contributed by atoms with Crippen LogP contribution in [0.5, 0.6) is 0 Å². The maximum absolute atomic E-state index is 11.5. The summed E-state index contributed by atoms with van der Waals surface area (Å²) in [5, 5.41) is 10.7. The van der Waals surface area contributed by atoms with E-state index >= 15 is 0 Å². The van der Waals surface area contributed by atoms with Gasteiger partial charge in [0.15, 0.2) is 0 Å². The highest BCUT2D eigenvalue weighted by molar-refractivity contribution is 5.99. The van der Waals surface area contributed by atoms with Crippen LogP contribution < -0.4 is 16.4 Å². The first-order chi connectivity index (χ1) is 8.99. The molecule has 2 rings (SSSR count). The molecule has 0 spiro atoms. The number of nitro benzene ring substituents is 1. The first-order valence-corrected chi connectivity index (χ1v) is 6.08. The van der Waals surface area contributed by atoms with E-state index in [4.69, 9.17) is 11.5 Å². The molecule has 1 aromatic rings. The normalized spacial score (nSPS) is 19.2. The van der Waals surface area contributed by atoms with Crippen LogP contribution in [0, 0.1) is 10.1 Å². The third-order valence-corrected chi connectivity index (χ3v) is 3.25. The lowest BCUT2D eigenvalue weighted by molar-refractivity contribution is -0.384. The molecule has 0 unspecified atom stereocenters. The van der Waals surface area contributed by atoms with Crippen LogP contribution in [-0.2, 0) is 0 Å². The molecule has 1 atom stereocenters. The zero-order valence-corrected chi connectivity index (χ0v) is 10.4. The van der Waals surface area contributed by atoms with Gasteiger partial charge in [0.25, 0.3) is 11.6 Å². The molecule has 1 fully saturated rings. The second kappa shape index (κ2) is 5.23. The average Bonchev–Trinajstić information content (AvgIpc) is 2.37. The Balaban J connectivity index is 2.38. The van der Waals surface area contributed by atoms with E-state index < -0.39 is 10.8 Å². The number of non-ortho nitro benzene ring substituents is 1. The number of rotatable bonds is 3. The number of piperidine rings is 1. The Bertz CT molecular complexity index is 518. The summed E-state index contributed by atoms with van der Waals surface area (Å²) in [7, 11) is 0. The Morgan fingerprint density at radius 3 is 2.79 bits per heavy atom. The van der Waals surface area contributed by atoms with E-state index in [-0.39, 0.29) is 17.3 Å². The summed E-state index contributed by atoms with van der Waals surface area (Å²) >= 11 is 0. The molecule has 1 aliphatic rings. The fourth-order valence-corrected chi connectivity index (χ4v) is 2.34. The van der Waals surface area contributed by atoms with Gasteiger partial charge in [-0.25, -0.2) is 0 Å². The highest BCUT2D eigenvalue weighted by Gasteiger charge is 2.22. The quantitative estimate of drug-likeness (QED) is 0.613. The highest BCUT2D eigenvalue weighted by Crippen LogP contribution is 2.27. The van der Waals surface area contributed by atoms with Crippen molar-refractivity contribution in [1.82, 2.24) is 0 Å². The van der Waals surface area contributed by atoms with Crippen LogP contribution in [0.4, 0.5) is 11.4 Å². The van der Waals surface area contributed by atoms with Crippen LogP contribution in [-0.4, -0.2) is 30.0 Å². The predicted octanol–water partition coefficient (Wildman–Crippen LogP) is 0.621. The van der Waals surface area contributed by atoms with Crippen LogP contribution in [0.15, 0.2) is 18.2 Å². The van der Waals surface area contributed by atoms with Gasteiger partial charge >= 0.3 is 0 Å². The largest absolute Gasteiger partial charge is 0.369 e. The lowest BCUT2D eigenvalue weighted by Crippen LogP contribution is -2.43. The third-order valence-electron chi connectivity index (χ3n) is 3.25. The first kappa shape index (κ1) is 13.3. The number of hydrogen-bond donors (Lipinski definition) is 2. The summed E-state index contributed by atoms with van der Waals surface area (Å²) in [6, 6.07) is 4.21. The van der Waals surface area contributed by atoms with Gasteiger partial charge in [0.05, 0.1) is 16.2 Å². The second-order valence-electron chi connectivity index (χ2n) is 4.67. The summed E-state index contributed by atoms with van der Waals surface area (Å²) in [4.78, 5) is 23.6. The van der Waals surface area contributed by atoms with Gasteiger partial charge in [-0.1, -0.05) is 0 Å². The Kier molecular flexibility index (Phi) is 3.66. The SMILES string of the molecule is NC(=O)c1cc([N+](=O)[O-])ccc1N1CCC[C@@H](N)C1. The fraction of sp³-hybridized carbons (Fsp3) is 0.417. The molecule has 0 saturated carbocycles. The number of carbonyl (C=O) groups excluding carboxylic acids is 1. The van der Waals surface area contributed by atoms with Gasteiger partial charge in [0.1, 0.15) is 0 Å². The number of nitro groups is 1. The number of nitrogens with two attached hydrogens (primary N) is 2. The highest BCUT2D eigenvalue weighted by atomic mass is 16.6. The second-order valence-corrected chi connectivity index (χ2v) is 4.67. The van der Waals surface area contributed by atoms with Crippen molar-refractivity contribution >= 4 is 17.3 Å². The number of nitrogens with zero attached hydrogens (tertiary/aromatic N) is 2. The molecule has 1 amide bonds. The molecule has 102 valence electrons. The topological polar surface area (TPSA) is 115 Å². The van der Waals surface area contributed by atoms with E-state index in [1.165, 1.54) is 12.1 Å². The molecule has 1 aliphatic heterocycles. The van der Waals surface area contributed by atoms with Crippen molar-refractivity contribution in [3.63, 3.8) is 0 Å². The number of benzene rings is 1. The molecule has 0 bridgehead atoms. The maximum Gasteiger partial charge on any atom is 0.270 e. The molecule has 1 saturated heterocycles. The molecule has 0 aliphatic carbocycles. The Morgan fingerprint density at radius 1 is 1.47 bits per heavy atom. The lowest BCUT2D eigenvalue weighted by atomic mass is 10.0. The van der Waals surface area contributed by atoms with Crippen LogP contribution in [0.2, 0.25) is 0 Å². The van der Waals surface area contributed by atoms with Crippen molar-refractivity contribution in [1.29, 1.82) is 0 Å². The van der Waals surface area contributed by atoms with E-state index in [9.17, 15) is 14.9 Å². The number of hydrogen-bond acceptors (Lipinski definition) is 5. The van der Waals surface area contributed by atoms with E-state index in [0.29, 0.717) is 12.2 Å². The average molecular weight is 264 g/mol. The third kappa shape index (κ3) is 2.82. The van der Waals surface area contributed by atoms with Crippen LogP contribution in [0.3, 0.4) is 0 Å². The van der Waals surface area contributed by atoms with Crippen molar-refractivity contribution < 1.29 is 9.72 Å². The van der Waals surface area contributed by atoms with Crippen molar-refractivity contribution in [2.45, 2.75) is 18.9 Å². The molecule has 7 heteroatoms. The van der Waals surface area contributed by atoms with Gasteiger partial charge in [-0.3, -0.25) is 14.9 Å². The Hall–Kier alpha value is -2.15. The monoisotopic (exact) mass is 264 g/mol. The standard InChI is InChI=1S/C12H16N4O3/c13-8-2-1-5-15(7-8)11-4-3-9(16(18)19)6-10(11)12(14)17/h3-4,6,8H,1-2,5,7,13H2,(H2,14,17)/t8-/m1/s1. The number of amides is 1. The smallest absolute Gasteiger partial charge is 0.270 e. The van der Waals surface area contributed by atoms with E-state index in [1.807, 2.05) is 4.90 Å². The summed E-state index contributed by atoms with van der Waals surface area (Å²) < 4.78 is 0. The maximum atomic E-state index is 11.5.